The van der Waals surface area contributed by atoms with Gasteiger partial charge in [0.1, 0.15) is 9.84 Å². The second kappa shape index (κ2) is 7.64. The Kier molecular flexibility index (Phi) is 6.89. The Morgan fingerprint density at radius 2 is 1.82 bits per heavy atom. The van der Waals surface area contributed by atoms with Gasteiger partial charge in [0.2, 0.25) is 0 Å². The molecule has 17 heavy (non-hydrogen) atoms. The first-order chi connectivity index (χ1) is 8.03. The summed E-state index contributed by atoms with van der Waals surface area (Å²) in [6, 6.07) is 0.555. The lowest BCUT2D eigenvalue weighted by atomic mass is 9.96. The third-order valence-electron chi connectivity index (χ3n) is 3.36. The Morgan fingerprint density at radius 3 is 2.41 bits per heavy atom. The minimum absolute atomic E-state index is 0.310. The molecule has 0 amide bonds. The standard InChI is InChI=1S/C12H25NO2S2/c1-13-11-7-5-3-4-6-8-12(11)16-9-10-17(2,14)15/h11-13H,3-10H2,1-2H3. The van der Waals surface area contributed by atoms with Crippen LogP contribution >= 0.6 is 11.8 Å². The number of rotatable bonds is 5. The van der Waals surface area contributed by atoms with E-state index in [2.05, 4.69) is 5.32 Å². The molecular weight excluding hydrogens is 254 g/mol. The Hall–Kier alpha value is 0.260. The third kappa shape index (κ3) is 6.67. The lowest BCUT2D eigenvalue weighted by Gasteiger charge is -2.28. The molecule has 102 valence electrons. The predicted octanol–water partition coefficient (Wildman–Crippen LogP) is 2.08. The van der Waals surface area contributed by atoms with Crippen LogP contribution in [0.4, 0.5) is 0 Å². The minimum atomic E-state index is -2.81. The average Bonchev–Trinajstić information content (AvgIpc) is 2.20. The highest BCUT2D eigenvalue weighted by atomic mass is 32.2. The van der Waals surface area contributed by atoms with Gasteiger partial charge in [0.05, 0.1) is 5.75 Å². The maximum Gasteiger partial charge on any atom is 0.148 e. The molecule has 1 rings (SSSR count). The fraction of sp³-hybridized carbons (Fsp3) is 1.00. The Balaban J connectivity index is 2.40. The van der Waals surface area contributed by atoms with Crippen molar-refractivity contribution in [2.75, 3.05) is 24.8 Å². The zero-order valence-electron chi connectivity index (χ0n) is 10.9. The van der Waals surface area contributed by atoms with E-state index in [4.69, 9.17) is 0 Å². The highest BCUT2D eigenvalue weighted by Crippen LogP contribution is 2.27. The van der Waals surface area contributed by atoms with Gasteiger partial charge < -0.3 is 5.32 Å². The average molecular weight is 279 g/mol. The van der Waals surface area contributed by atoms with Crippen LogP contribution in [-0.4, -0.2) is 44.5 Å². The molecule has 1 aliphatic rings. The van der Waals surface area contributed by atoms with E-state index in [1.165, 1.54) is 44.8 Å². The lowest BCUT2D eigenvalue weighted by Crippen LogP contribution is -2.37. The predicted molar refractivity (Wildman–Crippen MR) is 76.5 cm³/mol. The van der Waals surface area contributed by atoms with Crippen LogP contribution in [-0.2, 0) is 9.84 Å². The van der Waals surface area contributed by atoms with E-state index in [0.717, 1.165) is 5.75 Å². The maximum absolute atomic E-state index is 11.1. The Labute approximate surface area is 110 Å². The molecule has 5 heteroatoms. The number of sulfone groups is 1. The molecule has 3 nitrogen and oxygen atoms in total. The molecule has 0 aromatic carbocycles. The van der Waals surface area contributed by atoms with Crippen molar-refractivity contribution in [3.05, 3.63) is 0 Å². The van der Waals surface area contributed by atoms with Crippen molar-refractivity contribution in [2.45, 2.75) is 49.8 Å². The SMILES string of the molecule is CNC1CCCCCCC1SCCS(C)(=O)=O. The monoisotopic (exact) mass is 279 g/mol. The molecule has 0 saturated heterocycles. The zero-order valence-corrected chi connectivity index (χ0v) is 12.6. The molecule has 0 heterocycles. The van der Waals surface area contributed by atoms with Gasteiger partial charge in [-0.1, -0.05) is 25.7 Å². The van der Waals surface area contributed by atoms with Gasteiger partial charge >= 0.3 is 0 Å². The van der Waals surface area contributed by atoms with Crippen LogP contribution in [0.2, 0.25) is 0 Å². The first-order valence-electron chi connectivity index (χ1n) is 6.49. The van der Waals surface area contributed by atoms with Gasteiger partial charge in [-0.15, -0.1) is 0 Å². The molecule has 0 aromatic rings. The molecular formula is C12H25NO2S2. The van der Waals surface area contributed by atoms with E-state index >= 15 is 0 Å². The summed E-state index contributed by atoms with van der Waals surface area (Å²) >= 11 is 1.84. The van der Waals surface area contributed by atoms with Crippen molar-refractivity contribution < 1.29 is 8.42 Å². The topological polar surface area (TPSA) is 46.2 Å². The van der Waals surface area contributed by atoms with Crippen molar-refractivity contribution >= 4 is 21.6 Å². The summed E-state index contributed by atoms with van der Waals surface area (Å²) < 4.78 is 22.2. The van der Waals surface area contributed by atoms with Crippen molar-refractivity contribution in [1.29, 1.82) is 0 Å². The van der Waals surface area contributed by atoms with Crippen LogP contribution in [0.1, 0.15) is 38.5 Å². The molecule has 1 aliphatic carbocycles. The Bertz CT molecular complexity index is 304. The first kappa shape index (κ1) is 15.3. The molecule has 0 bridgehead atoms. The van der Waals surface area contributed by atoms with Gasteiger partial charge in [0, 0.05) is 23.3 Å². The molecule has 0 radical (unpaired) electrons. The van der Waals surface area contributed by atoms with E-state index in [0.29, 0.717) is 17.0 Å². The summed E-state index contributed by atoms with van der Waals surface area (Å²) in [5, 5.41) is 3.98. The second-order valence-electron chi connectivity index (χ2n) is 4.93. The van der Waals surface area contributed by atoms with E-state index in [-0.39, 0.29) is 0 Å². The van der Waals surface area contributed by atoms with Gasteiger partial charge in [-0.3, -0.25) is 0 Å². The molecule has 0 aliphatic heterocycles. The van der Waals surface area contributed by atoms with Crippen LogP contribution in [0.5, 0.6) is 0 Å². The van der Waals surface area contributed by atoms with E-state index < -0.39 is 9.84 Å². The molecule has 1 fully saturated rings. The van der Waals surface area contributed by atoms with E-state index in [1.807, 2.05) is 18.8 Å². The van der Waals surface area contributed by atoms with E-state index in [1.54, 1.807) is 0 Å². The van der Waals surface area contributed by atoms with Gasteiger partial charge in [-0.25, -0.2) is 8.42 Å². The summed E-state index contributed by atoms with van der Waals surface area (Å²) in [6.07, 6.45) is 9.04. The minimum Gasteiger partial charge on any atom is -0.316 e. The largest absolute Gasteiger partial charge is 0.316 e. The number of hydrogen-bond donors (Lipinski definition) is 1. The van der Waals surface area contributed by atoms with Gasteiger partial charge in [0.15, 0.2) is 0 Å². The first-order valence-corrected chi connectivity index (χ1v) is 9.60. The summed E-state index contributed by atoms with van der Waals surface area (Å²) in [5.74, 6) is 1.05. The summed E-state index contributed by atoms with van der Waals surface area (Å²) in [6.45, 7) is 0. The fourth-order valence-electron chi connectivity index (χ4n) is 2.33. The van der Waals surface area contributed by atoms with Crippen molar-refractivity contribution in [3.8, 4) is 0 Å². The van der Waals surface area contributed by atoms with Crippen LogP contribution in [0.25, 0.3) is 0 Å². The zero-order chi connectivity index (χ0) is 12.7. The van der Waals surface area contributed by atoms with Gasteiger partial charge in [-0.2, -0.15) is 11.8 Å². The van der Waals surface area contributed by atoms with Crippen LogP contribution in [0.15, 0.2) is 0 Å². The normalized spacial score (nSPS) is 27.4. The van der Waals surface area contributed by atoms with Crippen LogP contribution < -0.4 is 5.32 Å². The van der Waals surface area contributed by atoms with Crippen LogP contribution in [0.3, 0.4) is 0 Å². The van der Waals surface area contributed by atoms with Gasteiger partial charge in [-0.05, 0) is 19.9 Å². The smallest absolute Gasteiger partial charge is 0.148 e. The van der Waals surface area contributed by atoms with Crippen molar-refractivity contribution in [3.63, 3.8) is 0 Å². The number of thioether (sulfide) groups is 1. The fourth-order valence-corrected chi connectivity index (χ4v) is 5.07. The van der Waals surface area contributed by atoms with Crippen molar-refractivity contribution in [1.82, 2.24) is 5.32 Å². The highest BCUT2D eigenvalue weighted by molar-refractivity contribution is 8.01. The molecule has 1 saturated carbocycles. The molecule has 2 unspecified atom stereocenters. The number of nitrogens with one attached hydrogen (secondary N) is 1. The highest BCUT2D eigenvalue weighted by Gasteiger charge is 2.21. The van der Waals surface area contributed by atoms with Gasteiger partial charge in [0.25, 0.3) is 0 Å². The Morgan fingerprint density at radius 1 is 1.18 bits per heavy atom. The number of hydrogen-bond acceptors (Lipinski definition) is 4. The third-order valence-corrected chi connectivity index (χ3v) is 6.00. The summed E-state index contributed by atoms with van der Waals surface area (Å²) in [5.41, 5.74) is 0. The summed E-state index contributed by atoms with van der Waals surface area (Å²) in [7, 11) is -0.782. The molecule has 0 spiro atoms. The van der Waals surface area contributed by atoms with E-state index in [9.17, 15) is 8.42 Å². The van der Waals surface area contributed by atoms with Crippen LogP contribution in [0, 0.1) is 0 Å². The maximum atomic E-state index is 11.1. The lowest BCUT2D eigenvalue weighted by molar-refractivity contribution is 0.420. The molecule has 1 N–H and O–H groups in total. The molecule has 2 atom stereocenters. The second-order valence-corrected chi connectivity index (χ2v) is 8.53. The quantitative estimate of drug-likeness (QED) is 0.837. The summed E-state index contributed by atoms with van der Waals surface area (Å²) in [4.78, 5) is 0. The molecule has 0 aromatic heterocycles. The van der Waals surface area contributed by atoms with Crippen molar-refractivity contribution in [2.24, 2.45) is 0 Å².